The number of carbonyl (C=O) groups excluding carboxylic acids is 1. The molecule has 0 radical (unpaired) electrons. The number of carbonyl (C=O) groups is 1. The third-order valence-corrected chi connectivity index (χ3v) is 2.23. The van der Waals surface area contributed by atoms with Crippen LogP contribution in [0.2, 0.25) is 0 Å². The third kappa shape index (κ3) is 5.14. The maximum Gasteiger partial charge on any atom is 0.408 e. The van der Waals surface area contributed by atoms with Gasteiger partial charge in [0.05, 0.1) is 6.61 Å². The Kier molecular flexibility index (Phi) is 5.41. The number of nitrogens with one attached hydrogen (secondary N) is 1. The molecule has 0 saturated carbocycles. The van der Waals surface area contributed by atoms with E-state index in [1.165, 1.54) is 0 Å². The Morgan fingerprint density at radius 1 is 1.58 bits per heavy atom. The number of alkyl halides is 4. The summed E-state index contributed by atoms with van der Waals surface area (Å²) in [4.78, 5) is 10.7. The molecule has 0 aromatic carbocycles. The molecule has 1 atom stereocenters. The molecule has 0 aliphatic heterocycles. The first-order valence-corrected chi connectivity index (χ1v) is 4.59. The third-order valence-electron chi connectivity index (χ3n) is 0.807. The van der Waals surface area contributed by atoms with Crippen LogP contribution in [-0.4, -0.2) is 22.0 Å². The maximum absolute atomic E-state index is 10.7. The molecule has 7 heteroatoms. The summed E-state index contributed by atoms with van der Waals surface area (Å²) in [5, 5.41) is 2.13. The molecular weight excluding hydrogens is 248 g/mol. The van der Waals surface area contributed by atoms with Crippen molar-refractivity contribution in [3.8, 4) is 0 Å². The highest BCUT2D eigenvalue weighted by Gasteiger charge is 2.32. The molecule has 0 saturated heterocycles. The molecule has 0 rings (SSSR count). The zero-order chi connectivity index (χ0) is 9.78. The predicted octanol–water partition coefficient (Wildman–Crippen LogP) is 2.67. The minimum Gasteiger partial charge on any atom is -0.450 e. The van der Waals surface area contributed by atoms with Gasteiger partial charge >= 0.3 is 6.09 Å². The quantitative estimate of drug-likeness (QED) is 0.608. The fourth-order valence-corrected chi connectivity index (χ4v) is 0.611. The van der Waals surface area contributed by atoms with Crippen LogP contribution in [0.3, 0.4) is 0 Å². The summed E-state index contributed by atoms with van der Waals surface area (Å²) in [5.74, 6) is 0. The second-order valence-corrected chi connectivity index (χ2v) is 4.57. The Morgan fingerprint density at radius 3 is 2.42 bits per heavy atom. The van der Waals surface area contributed by atoms with Gasteiger partial charge in [-0.25, -0.2) is 4.79 Å². The van der Waals surface area contributed by atoms with E-state index >= 15 is 0 Å². The highest BCUT2D eigenvalue weighted by molar-refractivity contribution is 6.70. The lowest BCUT2D eigenvalue weighted by Crippen LogP contribution is -2.39. The van der Waals surface area contributed by atoms with Crippen LogP contribution in [0.15, 0.2) is 0 Å². The fourth-order valence-electron chi connectivity index (χ4n) is 0.358. The van der Waals surface area contributed by atoms with E-state index in [-0.39, 0.29) is 6.61 Å². The molecule has 0 aliphatic carbocycles. The Bertz CT molecular complexity index is 158. The van der Waals surface area contributed by atoms with Crippen molar-refractivity contribution in [3.63, 3.8) is 0 Å². The van der Waals surface area contributed by atoms with Gasteiger partial charge in [-0.15, -0.1) is 0 Å². The second kappa shape index (κ2) is 5.22. The number of hydrogen-bond donors (Lipinski definition) is 1. The second-order valence-electron chi connectivity index (χ2n) is 1.77. The highest BCUT2D eigenvalue weighted by atomic mass is 35.6. The first-order chi connectivity index (χ1) is 5.38. The fraction of sp³-hybridized carbons (Fsp3) is 0.800. The first kappa shape index (κ1) is 12.4. The van der Waals surface area contributed by atoms with Gasteiger partial charge in [0.15, 0.2) is 5.50 Å². The molecule has 1 N–H and O–H groups in total. The lowest BCUT2D eigenvalue weighted by Gasteiger charge is -2.18. The molecular formula is C5H7Cl4NO2. The van der Waals surface area contributed by atoms with Crippen molar-refractivity contribution in [2.45, 2.75) is 16.2 Å². The number of alkyl carbamates (subject to hydrolysis) is 1. The number of halogens is 4. The molecule has 0 bridgehead atoms. The van der Waals surface area contributed by atoms with E-state index in [0.717, 1.165) is 0 Å². The standard InChI is InChI=1S/C5H7Cl4NO2/c1-2-12-4(11)10-3(6)5(7,8)9/h3H,2H2,1H3,(H,10,11). The molecule has 72 valence electrons. The van der Waals surface area contributed by atoms with Crippen LogP contribution >= 0.6 is 46.4 Å². The zero-order valence-corrected chi connectivity index (χ0v) is 9.14. The van der Waals surface area contributed by atoms with E-state index in [2.05, 4.69) is 10.1 Å². The summed E-state index contributed by atoms with van der Waals surface area (Å²) in [6.07, 6.45) is -0.719. The van der Waals surface area contributed by atoms with Crippen molar-refractivity contribution in [2.75, 3.05) is 6.61 Å². The van der Waals surface area contributed by atoms with Crippen LogP contribution in [0.1, 0.15) is 6.92 Å². The minimum atomic E-state index is -1.74. The smallest absolute Gasteiger partial charge is 0.408 e. The summed E-state index contributed by atoms with van der Waals surface area (Å²) in [5.41, 5.74) is -1.11. The summed E-state index contributed by atoms with van der Waals surface area (Å²) >= 11 is 21.5. The normalized spacial score (nSPS) is 13.8. The average Bonchev–Trinajstić information content (AvgIpc) is 1.85. The molecule has 3 nitrogen and oxygen atoms in total. The van der Waals surface area contributed by atoms with Gasteiger partial charge in [0.2, 0.25) is 3.79 Å². The summed E-state index contributed by atoms with van der Waals surface area (Å²) in [6, 6.07) is 0. The van der Waals surface area contributed by atoms with Crippen molar-refractivity contribution >= 4 is 52.5 Å². The van der Waals surface area contributed by atoms with E-state index in [0.29, 0.717) is 0 Å². The van der Waals surface area contributed by atoms with Gasteiger partial charge in [0.25, 0.3) is 0 Å². The van der Waals surface area contributed by atoms with Crippen molar-refractivity contribution in [1.29, 1.82) is 0 Å². The Labute approximate surface area is 90.2 Å². The van der Waals surface area contributed by atoms with Crippen molar-refractivity contribution in [2.24, 2.45) is 0 Å². The minimum absolute atomic E-state index is 0.231. The zero-order valence-electron chi connectivity index (χ0n) is 6.11. The topological polar surface area (TPSA) is 38.3 Å². The van der Waals surface area contributed by atoms with Crippen molar-refractivity contribution in [1.82, 2.24) is 5.32 Å². The largest absolute Gasteiger partial charge is 0.450 e. The van der Waals surface area contributed by atoms with E-state index in [4.69, 9.17) is 46.4 Å². The van der Waals surface area contributed by atoms with Gasteiger partial charge in [-0.1, -0.05) is 46.4 Å². The lowest BCUT2D eigenvalue weighted by atomic mass is 10.7. The highest BCUT2D eigenvalue weighted by Crippen LogP contribution is 2.32. The number of ether oxygens (including phenoxy) is 1. The predicted molar refractivity (Wildman–Crippen MR) is 50.1 cm³/mol. The molecule has 0 fully saturated rings. The van der Waals surface area contributed by atoms with E-state index in [1.54, 1.807) is 6.92 Å². The number of rotatable bonds is 2. The van der Waals surface area contributed by atoms with Crippen LogP contribution in [0.4, 0.5) is 4.79 Å². The van der Waals surface area contributed by atoms with Gasteiger partial charge in [0, 0.05) is 0 Å². The van der Waals surface area contributed by atoms with Gasteiger partial charge in [-0.05, 0) is 6.92 Å². The van der Waals surface area contributed by atoms with Crippen molar-refractivity contribution < 1.29 is 9.53 Å². The average molecular weight is 255 g/mol. The van der Waals surface area contributed by atoms with Crippen LogP contribution in [0.25, 0.3) is 0 Å². The molecule has 12 heavy (non-hydrogen) atoms. The monoisotopic (exact) mass is 253 g/mol. The maximum atomic E-state index is 10.7. The molecule has 1 unspecified atom stereocenters. The van der Waals surface area contributed by atoms with Gasteiger partial charge in [-0.2, -0.15) is 0 Å². The Balaban J connectivity index is 3.84. The Morgan fingerprint density at radius 2 is 2.08 bits per heavy atom. The molecule has 1 amide bonds. The number of hydrogen-bond acceptors (Lipinski definition) is 2. The summed E-state index contributed by atoms with van der Waals surface area (Å²) in [7, 11) is 0. The lowest BCUT2D eigenvalue weighted by molar-refractivity contribution is 0.151. The van der Waals surface area contributed by atoms with Crippen LogP contribution in [0.5, 0.6) is 0 Å². The SMILES string of the molecule is CCOC(=O)NC(Cl)C(Cl)(Cl)Cl. The molecule has 0 aromatic heterocycles. The van der Waals surface area contributed by atoms with Crippen LogP contribution < -0.4 is 5.32 Å². The van der Waals surface area contributed by atoms with E-state index in [1.807, 2.05) is 0 Å². The van der Waals surface area contributed by atoms with Crippen LogP contribution in [0, 0.1) is 0 Å². The summed E-state index contributed by atoms with van der Waals surface area (Å²) in [6.45, 7) is 1.88. The molecule has 0 aliphatic rings. The van der Waals surface area contributed by atoms with Gasteiger partial charge < -0.3 is 10.1 Å². The van der Waals surface area contributed by atoms with Gasteiger partial charge in [-0.3, -0.25) is 0 Å². The van der Waals surface area contributed by atoms with Crippen molar-refractivity contribution in [3.05, 3.63) is 0 Å². The van der Waals surface area contributed by atoms with Crippen LogP contribution in [-0.2, 0) is 4.74 Å². The molecule has 0 heterocycles. The first-order valence-electron chi connectivity index (χ1n) is 3.02. The van der Waals surface area contributed by atoms with E-state index in [9.17, 15) is 4.79 Å². The molecule has 0 spiro atoms. The number of amides is 1. The van der Waals surface area contributed by atoms with E-state index < -0.39 is 15.4 Å². The summed E-state index contributed by atoms with van der Waals surface area (Å²) < 4.78 is 2.76. The Hall–Kier alpha value is 0.430. The van der Waals surface area contributed by atoms with Gasteiger partial charge in [0.1, 0.15) is 0 Å². The molecule has 0 aromatic rings.